The first kappa shape index (κ1) is 19.9. The van der Waals surface area contributed by atoms with Crippen molar-refractivity contribution in [2.75, 3.05) is 7.11 Å². The first-order valence-electron chi connectivity index (χ1n) is 7.15. The number of aliphatic hydroxyl groups excluding tert-OH is 1. The smallest absolute Gasteiger partial charge is 0.346 e. The quantitative estimate of drug-likeness (QED) is 0.410. The van der Waals surface area contributed by atoms with Gasteiger partial charge in [-0.2, -0.15) is 0 Å². The third kappa shape index (κ3) is 5.78. The highest BCUT2D eigenvalue weighted by Crippen LogP contribution is 2.26. The highest BCUT2D eigenvalue weighted by Gasteiger charge is 2.20. The summed E-state index contributed by atoms with van der Waals surface area (Å²) in [6.45, 7) is 0.775. The van der Waals surface area contributed by atoms with Gasteiger partial charge in [0.1, 0.15) is 23.7 Å². The van der Waals surface area contributed by atoms with E-state index in [1.54, 1.807) is 19.1 Å². The number of carboxylic acid groups (broad SMARTS) is 1. The zero-order chi connectivity index (χ0) is 18.8. The fourth-order valence-electron chi connectivity index (χ4n) is 1.85. The summed E-state index contributed by atoms with van der Waals surface area (Å²) >= 11 is 0. The second-order valence-corrected chi connectivity index (χ2v) is 4.57. The van der Waals surface area contributed by atoms with Gasteiger partial charge >= 0.3 is 17.6 Å². The largest absolute Gasteiger partial charge is 0.496 e. The number of aliphatic carboxylic acids is 1. The Hall–Kier alpha value is -3.13. The molecule has 0 spiro atoms. The summed E-state index contributed by atoms with van der Waals surface area (Å²) < 4.78 is 15.0. The van der Waals surface area contributed by atoms with Crippen LogP contribution in [0.15, 0.2) is 39.6 Å². The minimum atomic E-state index is -1.25. The standard InChI is InChI=1S/C17H18O8/c1-3-4-5-6-15(21)24-10-12-16(23-2)11(9-18)13(25-17(12)22)7-8-14(19)20/h3-8,18H,9-10H2,1-2H3,(H,19,20). The third-order valence-corrected chi connectivity index (χ3v) is 2.93. The minimum Gasteiger partial charge on any atom is -0.496 e. The molecular weight excluding hydrogens is 332 g/mol. The fourth-order valence-corrected chi connectivity index (χ4v) is 1.85. The Morgan fingerprint density at radius 2 is 1.92 bits per heavy atom. The van der Waals surface area contributed by atoms with Crippen LogP contribution in [-0.4, -0.2) is 29.3 Å². The third-order valence-electron chi connectivity index (χ3n) is 2.93. The Labute approximate surface area is 143 Å². The Kier molecular flexibility index (Phi) is 7.88. The Morgan fingerprint density at radius 1 is 1.20 bits per heavy atom. The molecule has 2 N–H and O–H groups in total. The van der Waals surface area contributed by atoms with Gasteiger partial charge in [0.25, 0.3) is 0 Å². The van der Waals surface area contributed by atoms with Crippen molar-refractivity contribution in [3.63, 3.8) is 0 Å². The number of aliphatic hydroxyl groups is 1. The van der Waals surface area contributed by atoms with Crippen LogP contribution >= 0.6 is 0 Å². The molecule has 0 aliphatic carbocycles. The fraction of sp³-hybridized carbons (Fsp3) is 0.235. The SMILES string of the molecule is CC=CC=CC(=O)OCc1c(OC)c(CO)c(C=CC(=O)O)oc1=O. The number of carbonyl (C=O) groups excluding carboxylic acids is 1. The van der Waals surface area contributed by atoms with Gasteiger partial charge in [0.2, 0.25) is 0 Å². The normalized spacial score (nSPS) is 11.5. The second-order valence-electron chi connectivity index (χ2n) is 4.57. The van der Waals surface area contributed by atoms with Crippen LogP contribution in [0.1, 0.15) is 23.8 Å². The summed E-state index contributed by atoms with van der Waals surface area (Å²) in [6, 6.07) is 0. The molecule has 0 unspecified atom stereocenters. The number of carbonyl (C=O) groups is 2. The highest BCUT2D eigenvalue weighted by atomic mass is 16.5. The Bertz CT molecular complexity index is 768. The molecular formula is C17H18O8. The molecule has 25 heavy (non-hydrogen) atoms. The number of esters is 1. The van der Waals surface area contributed by atoms with E-state index in [1.165, 1.54) is 19.3 Å². The molecule has 0 aliphatic heterocycles. The monoisotopic (exact) mass is 350 g/mol. The van der Waals surface area contributed by atoms with Crippen LogP contribution in [0.3, 0.4) is 0 Å². The average Bonchev–Trinajstić information content (AvgIpc) is 2.58. The van der Waals surface area contributed by atoms with Gasteiger partial charge in [-0.15, -0.1) is 0 Å². The van der Waals surface area contributed by atoms with Crippen LogP contribution in [-0.2, 0) is 27.5 Å². The van der Waals surface area contributed by atoms with E-state index in [9.17, 15) is 19.5 Å². The summed E-state index contributed by atoms with van der Waals surface area (Å²) in [5.74, 6) is -2.12. The number of ether oxygens (including phenoxy) is 2. The lowest BCUT2D eigenvalue weighted by atomic mass is 10.1. The lowest BCUT2D eigenvalue weighted by Crippen LogP contribution is -2.16. The van der Waals surface area contributed by atoms with E-state index in [0.717, 1.165) is 12.2 Å². The van der Waals surface area contributed by atoms with Gasteiger partial charge in [-0.1, -0.05) is 18.2 Å². The maximum atomic E-state index is 12.1. The number of carboxylic acids is 1. The van der Waals surface area contributed by atoms with Crippen molar-refractivity contribution in [1.82, 2.24) is 0 Å². The minimum absolute atomic E-state index is 0.0333. The molecule has 134 valence electrons. The zero-order valence-corrected chi connectivity index (χ0v) is 13.7. The molecule has 0 aliphatic rings. The van der Waals surface area contributed by atoms with E-state index in [1.807, 2.05) is 0 Å². The van der Waals surface area contributed by atoms with Gasteiger partial charge in [-0.25, -0.2) is 14.4 Å². The molecule has 0 atom stereocenters. The van der Waals surface area contributed by atoms with E-state index >= 15 is 0 Å². The second kappa shape index (κ2) is 9.89. The summed E-state index contributed by atoms with van der Waals surface area (Å²) in [4.78, 5) is 34.2. The molecule has 1 heterocycles. The van der Waals surface area contributed by atoms with Gasteiger partial charge in [0, 0.05) is 12.2 Å². The number of allylic oxidation sites excluding steroid dienone is 3. The van der Waals surface area contributed by atoms with Crippen LogP contribution in [0.5, 0.6) is 5.75 Å². The molecule has 1 rings (SSSR count). The lowest BCUT2D eigenvalue weighted by molar-refractivity contribution is -0.139. The molecule has 0 radical (unpaired) electrons. The van der Waals surface area contributed by atoms with Gasteiger partial charge in [0.15, 0.2) is 0 Å². The van der Waals surface area contributed by atoms with Crippen molar-refractivity contribution < 1.29 is 33.7 Å². The first-order valence-corrected chi connectivity index (χ1v) is 7.15. The molecule has 0 aromatic carbocycles. The number of rotatable bonds is 8. The molecule has 8 nitrogen and oxygen atoms in total. The van der Waals surface area contributed by atoms with Crippen molar-refractivity contribution >= 4 is 18.0 Å². The number of hydrogen-bond acceptors (Lipinski definition) is 7. The topological polar surface area (TPSA) is 123 Å². The molecule has 8 heteroatoms. The highest BCUT2D eigenvalue weighted by molar-refractivity contribution is 5.85. The summed E-state index contributed by atoms with van der Waals surface area (Å²) in [6.07, 6.45) is 7.77. The summed E-state index contributed by atoms with van der Waals surface area (Å²) in [5.41, 5.74) is -0.911. The van der Waals surface area contributed by atoms with Crippen molar-refractivity contribution in [3.05, 3.63) is 57.7 Å². The molecule has 0 fully saturated rings. The Morgan fingerprint density at radius 3 is 2.48 bits per heavy atom. The predicted octanol–water partition coefficient (Wildman–Crippen LogP) is 1.41. The molecule has 0 bridgehead atoms. The van der Waals surface area contributed by atoms with Crippen LogP contribution in [0.25, 0.3) is 6.08 Å². The van der Waals surface area contributed by atoms with E-state index in [-0.39, 0.29) is 22.6 Å². The van der Waals surface area contributed by atoms with E-state index in [2.05, 4.69) is 0 Å². The lowest BCUT2D eigenvalue weighted by Gasteiger charge is -2.12. The summed E-state index contributed by atoms with van der Waals surface area (Å²) in [5, 5.41) is 18.1. The maximum Gasteiger partial charge on any atom is 0.346 e. The van der Waals surface area contributed by atoms with Crippen molar-refractivity contribution in [3.8, 4) is 5.75 Å². The van der Waals surface area contributed by atoms with Crippen LogP contribution < -0.4 is 10.4 Å². The first-order chi connectivity index (χ1) is 11.9. The van der Waals surface area contributed by atoms with Gasteiger partial charge < -0.3 is 24.1 Å². The zero-order valence-electron chi connectivity index (χ0n) is 13.7. The van der Waals surface area contributed by atoms with E-state index < -0.39 is 30.8 Å². The van der Waals surface area contributed by atoms with Crippen LogP contribution in [0.4, 0.5) is 0 Å². The van der Waals surface area contributed by atoms with Crippen molar-refractivity contribution in [2.45, 2.75) is 20.1 Å². The number of hydrogen-bond donors (Lipinski definition) is 2. The predicted molar refractivity (Wildman–Crippen MR) is 87.9 cm³/mol. The molecule has 0 saturated heterocycles. The van der Waals surface area contributed by atoms with Crippen LogP contribution in [0, 0.1) is 0 Å². The Balaban J connectivity index is 3.18. The number of methoxy groups -OCH3 is 1. The van der Waals surface area contributed by atoms with Gasteiger partial charge in [-0.05, 0) is 13.0 Å². The average molecular weight is 350 g/mol. The summed E-state index contributed by atoms with van der Waals surface area (Å²) in [7, 11) is 1.26. The van der Waals surface area contributed by atoms with E-state index in [0.29, 0.717) is 0 Å². The van der Waals surface area contributed by atoms with Gasteiger partial charge in [-0.3, -0.25) is 0 Å². The van der Waals surface area contributed by atoms with Crippen LogP contribution in [0.2, 0.25) is 0 Å². The van der Waals surface area contributed by atoms with E-state index in [4.69, 9.17) is 19.0 Å². The molecule has 0 amide bonds. The van der Waals surface area contributed by atoms with Crippen molar-refractivity contribution in [1.29, 1.82) is 0 Å². The van der Waals surface area contributed by atoms with Crippen molar-refractivity contribution in [2.24, 2.45) is 0 Å². The maximum absolute atomic E-state index is 12.1. The molecule has 1 aromatic heterocycles. The molecule has 0 saturated carbocycles. The van der Waals surface area contributed by atoms with Gasteiger partial charge in [0.05, 0.1) is 19.3 Å². The molecule has 1 aromatic rings.